The lowest BCUT2D eigenvalue weighted by atomic mass is 10.0. The number of alkyl halides is 3. The third-order valence-corrected chi connectivity index (χ3v) is 4.00. The highest BCUT2D eigenvalue weighted by Gasteiger charge is 2.36. The molecule has 5 nitrogen and oxygen atoms in total. The minimum Gasteiger partial charge on any atom is -0.382 e. The molecule has 1 amide bonds. The number of carbonyl (C=O) groups is 1. The Kier molecular flexibility index (Phi) is 5.39. The highest BCUT2D eigenvalue weighted by atomic mass is 35.5. The highest BCUT2D eigenvalue weighted by Crippen LogP contribution is 2.30. The summed E-state index contributed by atoms with van der Waals surface area (Å²) in [5, 5.41) is 3.79. The largest absolute Gasteiger partial charge is 0.416 e. The van der Waals surface area contributed by atoms with Crippen LogP contribution in [0.4, 0.5) is 13.2 Å². The molecule has 2 aliphatic rings. The van der Waals surface area contributed by atoms with Crippen LogP contribution in [0.5, 0.6) is 0 Å². The molecule has 0 saturated carbocycles. The van der Waals surface area contributed by atoms with Crippen LogP contribution in [0.15, 0.2) is 29.4 Å². The number of hydrogen-bond donors (Lipinski definition) is 1. The molecule has 1 saturated heterocycles. The minimum atomic E-state index is -4.42. The summed E-state index contributed by atoms with van der Waals surface area (Å²) in [5.74, 6) is -0.219. The zero-order valence-electron chi connectivity index (χ0n) is 12.6. The summed E-state index contributed by atoms with van der Waals surface area (Å²) in [6.45, 7) is 1.04. The molecule has 0 radical (unpaired) electrons. The van der Waals surface area contributed by atoms with Gasteiger partial charge in [0.25, 0.3) is 5.91 Å². The lowest BCUT2D eigenvalue weighted by molar-refractivity contribution is -0.141. The van der Waals surface area contributed by atoms with Crippen LogP contribution in [0.1, 0.15) is 24.0 Å². The molecule has 0 aromatic heterocycles. The normalized spacial score (nSPS) is 23.5. The first-order valence-corrected chi connectivity index (χ1v) is 7.29. The molecule has 2 N–H and O–H groups in total. The Bertz CT molecular complexity index is 651. The number of hydrogen-bond acceptors (Lipinski definition) is 4. The highest BCUT2D eigenvalue weighted by molar-refractivity contribution is 6.04. The maximum absolute atomic E-state index is 12.8. The monoisotopic (exact) mass is 363 g/mol. The number of benzene rings is 1. The van der Waals surface area contributed by atoms with Crippen LogP contribution in [-0.2, 0) is 15.8 Å². The fourth-order valence-electron chi connectivity index (χ4n) is 2.75. The van der Waals surface area contributed by atoms with Crippen molar-refractivity contribution in [3.8, 4) is 0 Å². The van der Waals surface area contributed by atoms with Crippen molar-refractivity contribution in [3.63, 3.8) is 0 Å². The predicted molar refractivity (Wildman–Crippen MR) is 83.9 cm³/mol. The van der Waals surface area contributed by atoms with Crippen LogP contribution in [-0.4, -0.2) is 41.8 Å². The van der Waals surface area contributed by atoms with E-state index in [9.17, 15) is 18.0 Å². The van der Waals surface area contributed by atoms with Gasteiger partial charge in [-0.2, -0.15) is 13.2 Å². The molecule has 1 aromatic rings. The quantitative estimate of drug-likeness (QED) is 0.875. The summed E-state index contributed by atoms with van der Waals surface area (Å²) in [7, 11) is 0. The zero-order chi connectivity index (χ0) is 16.6. The van der Waals surface area contributed by atoms with Crippen LogP contribution in [0.25, 0.3) is 0 Å². The number of halogens is 4. The second kappa shape index (κ2) is 6.98. The number of likely N-dealkylation sites (tertiary alicyclic amines) is 1. The summed E-state index contributed by atoms with van der Waals surface area (Å²) < 4.78 is 38.3. The summed E-state index contributed by atoms with van der Waals surface area (Å²) in [5.41, 5.74) is 5.67. The van der Waals surface area contributed by atoms with E-state index in [1.165, 1.54) is 12.1 Å². The van der Waals surface area contributed by atoms with Crippen molar-refractivity contribution in [2.75, 3.05) is 13.1 Å². The van der Waals surface area contributed by atoms with E-state index in [4.69, 9.17) is 10.6 Å². The van der Waals surface area contributed by atoms with Gasteiger partial charge in [-0.15, -0.1) is 12.4 Å². The maximum Gasteiger partial charge on any atom is 0.416 e. The zero-order valence-corrected chi connectivity index (χ0v) is 13.4. The molecule has 1 aromatic carbocycles. The molecule has 0 bridgehead atoms. The van der Waals surface area contributed by atoms with Gasteiger partial charge in [0.15, 0.2) is 0 Å². The molecule has 3 rings (SSSR count). The number of nitrogens with zero attached hydrogens (tertiary/aromatic N) is 2. The number of nitrogens with two attached hydrogens (primary N) is 1. The van der Waals surface area contributed by atoms with E-state index in [2.05, 4.69) is 5.16 Å². The van der Waals surface area contributed by atoms with Crippen LogP contribution in [0, 0.1) is 0 Å². The van der Waals surface area contributed by atoms with Crippen molar-refractivity contribution in [3.05, 3.63) is 35.4 Å². The van der Waals surface area contributed by atoms with Crippen molar-refractivity contribution in [1.29, 1.82) is 0 Å². The summed E-state index contributed by atoms with van der Waals surface area (Å²) in [4.78, 5) is 19.0. The van der Waals surface area contributed by atoms with Crippen molar-refractivity contribution in [1.82, 2.24) is 4.90 Å². The van der Waals surface area contributed by atoms with Gasteiger partial charge in [-0.1, -0.05) is 17.3 Å². The summed E-state index contributed by atoms with van der Waals surface area (Å²) in [6.07, 6.45) is -4.31. The van der Waals surface area contributed by atoms with E-state index in [1.54, 1.807) is 4.90 Å². The lowest BCUT2D eigenvalue weighted by Crippen LogP contribution is -2.39. The summed E-state index contributed by atoms with van der Waals surface area (Å²) >= 11 is 0. The van der Waals surface area contributed by atoms with Gasteiger partial charge in [0.2, 0.25) is 6.10 Å². The predicted octanol–water partition coefficient (Wildman–Crippen LogP) is 2.18. The van der Waals surface area contributed by atoms with E-state index in [-0.39, 0.29) is 30.8 Å². The molecule has 0 spiro atoms. The number of oxime groups is 1. The molecule has 24 heavy (non-hydrogen) atoms. The molecular weight excluding hydrogens is 347 g/mol. The van der Waals surface area contributed by atoms with E-state index >= 15 is 0 Å². The minimum absolute atomic E-state index is 0. The molecular formula is C15H17ClF3N3O2. The first-order valence-electron chi connectivity index (χ1n) is 7.29. The fraction of sp³-hybridized carbons (Fsp3) is 0.467. The van der Waals surface area contributed by atoms with Gasteiger partial charge < -0.3 is 15.5 Å². The first kappa shape index (κ1) is 18.5. The second-order valence-corrected chi connectivity index (χ2v) is 5.75. The third-order valence-electron chi connectivity index (χ3n) is 4.00. The van der Waals surface area contributed by atoms with Crippen molar-refractivity contribution >= 4 is 24.0 Å². The smallest absolute Gasteiger partial charge is 0.382 e. The Balaban J connectivity index is 0.00000208. The molecule has 1 fully saturated rings. The van der Waals surface area contributed by atoms with Crippen LogP contribution in [0.3, 0.4) is 0 Å². The second-order valence-electron chi connectivity index (χ2n) is 5.75. The first-order chi connectivity index (χ1) is 10.8. The molecule has 0 aliphatic carbocycles. The van der Waals surface area contributed by atoms with Crippen LogP contribution in [0.2, 0.25) is 0 Å². The molecule has 2 heterocycles. The molecule has 132 valence electrons. The molecule has 9 heteroatoms. The van der Waals surface area contributed by atoms with Crippen molar-refractivity contribution < 1.29 is 22.8 Å². The van der Waals surface area contributed by atoms with Gasteiger partial charge in [-0.3, -0.25) is 4.79 Å². The maximum atomic E-state index is 12.8. The van der Waals surface area contributed by atoms with E-state index in [0.717, 1.165) is 18.6 Å². The summed E-state index contributed by atoms with van der Waals surface area (Å²) in [6, 6.07) is 4.81. The van der Waals surface area contributed by atoms with Crippen LogP contribution < -0.4 is 5.73 Å². The van der Waals surface area contributed by atoms with Gasteiger partial charge in [-0.05, 0) is 18.6 Å². The van der Waals surface area contributed by atoms with Crippen molar-refractivity contribution in [2.24, 2.45) is 10.9 Å². The van der Waals surface area contributed by atoms with Gasteiger partial charge in [-0.25, -0.2) is 0 Å². The van der Waals surface area contributed by atoms with E-state index < -0.39 is 17.8 Å². The van der Waals surface area contributed by atoms with Crippen LogP contribution >= 0.6 is 12.4 Å². The average Bonchev–Trinajstić information content (AvgIpc) is 3.15. The number of amides is 1. The standard InChI is InChI=1S/C15H16F3N3O2.ClH/c16-15(17,18)10-3-1-2-9(6-10)12-7-13(23-20-12)14(22)21-5-4-11(19)8-21;/h1-3,6,11,13H,4-5,7-8,19H2;1H. The van der Waals surface area contributed by atoms with E-state index in [0.29, 0.717) is 24.4 Å². The molecule has 2 aliphatic heterocycles. The number of rotatable bonds is 2. The van der Waals surface area contributed by atoms with Gasteiger partial charge >= 0.3 is 6.18 Å². The Morgan fingerprint density at radius 1 is 1.38 bits per heavy atom. The number of carbonyl (C=O) groups excluding carboxylic acids is 1. The third kappa shape index (κ3) is 3.81. The lowest BCUT2D eigenvalue weighted by Gasteiger charge is -2.18. The molecule has 2 unspecified atom stereocenters. The van der Waals surface area contributed by atoms with Crippen molar-refractivity contribution in [2.45, 2.75) is 31.2 Å². The van der Waals surface area contributed by atoms with E-state index in [1.807, 2.05) is 0 Å². The SMILES string of the molecule is Cl.NC1CCN(C(=O)C2CC(c3cccc(C(F)(F)F)c3)=NO2)C1. The Morgan fingerprint density at radius 3 is 2.75 bits per heavy atom. The Hall–Kier alpha value is -1.80. The average molecular weight is 364 g/mol. The van der Waals surface area contributed by atoms with Gasteiger partial charge in [0, 0.05) is 31.1 Å². The Labute approximate surface area is 143 Å². The van der Waals surface area contributed by atoms with Gasteiger partial charge in [0.05, 0.1) is 11.3 Å². The van der Waals surface area contributed by atoms with Gasteiger partial charge in [0.1, 0.15) is 0 Å². The topological polar surface area (TPSA) is 67.9 Å². The molecule has 2 atom stereocenters. The Morgan fingerprint density at radius 2 is 2.12 bits per heavy atom. The fourth-order valence-corrected chi connectivity index (χ4v) is 2.75.